The van der Waals surface area contributed by atoms with E-state index in [1.807, 2.05) is 35.8 Å². The van der Waals surface area contributed by atoms with Crippen LogP contribution in [0, 0.1) is 0 Å². The number of rotatable bonds is 5. The molecule has 1 aliphatic rings. The van der Waals surface area contributed by atoms with Crippen molar-refractivity contribution >= 4 is 16.9 Å². The van der Waals surface area contributed by atoms with Gasteiger partial charge in [-0.2, -0.15) is 0 Å². The summed E-state index contributed by atoms with van der Waals surface area (Å²) in [4.78, 5) is 18.7. The lowest BCUT2D eigenvalue weighted by Crippen LogP contribution is -2.39. The van der Waals surface area contributed by atoms with Crippen LogP contribution in [0.15, 0.2) is 24.3 Å². The highest BCUT2D eigenvalue weighted by molar-refractivity contribution is 5.81. The molecular formula is C16H21N3O2. The van der Waals surface area contributed by atoms with E-state index >= 15 is 0 Å². The molecule has 1 heterocycles. The van der Waals surface area contributed by atoms with Crippen molar-refractivity contribution in [3.8, 4) is 0 Å². The molecule has 0 radical (unpaired) electrons. The second-order valence-corrected chi connectivity index (χ2v) is 5.86. The fraction of sp³-hybridized carbons (Fsp3) is 0.500. The number of hydrogen-bond donors (Lipinski definition) is 1. The second kappa shape index (κ2) is 5.48. The number of hydrogen-bond acceptors (Lipinski definition) is 3. The van der Waals surface area contributed by atoms with Crippen molar-refractivity contribution in [1.82, 2.24) is 14.5 Å². The zero-order chi connectivity index (χ0) is 15.0. The van der Waals surface area contributed by atoms with Gasteiger partial charge in [-0.05, 0) is 31.9 Å². The van der Waals surface area contributed by atoms with Crippen molar-refractivity contribution < 1.29 is 9.90 Å². The van der Waals surface area contributed by atoms with Crippen LogP contribution in [0.1, 0.15) is 31.5 Å². The quantitative estimate of drug-likeness (QED) is 0.911. The van der Waals surface area contributed by atoms with Gasteiger partial charge in [-0.15, -0.1) is 0 Å². The molecule has 0 spiro atoms. The summed E-state index contributed by atoms with van der Waals surface area (Å²) >= 11 is 0. The van der Waals surface area contributed by atoms with E-state index in [2.05, 4.69) is 0 Å². The number of para-hydroxylation sites is 2. The summed E-state index contributed by atoms with van der Waals surface area (Å²) in [6.07, 6.45) is 2.31. The van der Waals surface area contributed by atoms with Crippen molar-refractivity contribution in [2.45, 2.75) is 38.3 Å². The molecule has 1 amide bonds. The fourth-order valence-electron chi connectivity index (χ4n) is 2.53. The lowest BCUT2D eigenvalue weighted by Gasteiger charge is -2.24. The molecule has 112 valence electrons. The van der Waals surface area contributed by atoms with Crippen molar-refractivity contribution in [3.05, 3.63) is 30.1 Å². The third-order valence-electron chi connectivity index (χ3n) is 4.24. The summed E-state index contributed by atoms with van der Waals surface area (Å²) in [7, 11) is 1.74. The van der Waals surface area contributed by atoms with Gasteiger partial charge in [-0.25, -0.2) is 4.98 Å². The first-order valence-electron chi connectivity index (χ1n) is 7.43. The molecule has 0 saturated heterocycles. The van der Waals surface area contributed by atoms with Crippen molar-refractivity contribution in [3.63, 3.8) is 0 Å². The van der Waals surface area contributed by atoms with Crippen LogP contribution in [0.2, 0.25) is 0 Å². The van der Waals surface area contributed by atoms with Crippen LogP contribution in [-0.2, 0) is 11.3 Å². The predicted molar refractivity (Wildman–Crippen MR) is 81.0 cm³/mol. The highest BCUT2D eigenvalue weighted by atomic mass is 16.3. The zero-order valence-corrected chi connectivity index (χ0v) is 12.5. The third kappa shape index (κ3) is 2.65. The zero-order valence-electron chi connectivity index (χ0n) is 12.5. The highest BCUT2D eigenvalue weighted by Gasteiger charge is 2.30. The normalized spacial score (nSPS) is 16.1. The Morgan fingerprint density at radius 1 is 1.48 bits per heavy atom. The summed E-state index contributed by atoms with van der Waals surface area (Å²) in [5, 5.41) is 9.19. The molecule has 1 saturated carbocycles. The predicted octanol–water partition coefficient (Wildman–Crippen LogP) is 1.75. The van der Waals surface area contributed by atoms with Crippen LogP contribution >= 0.6 is 0 Å². The second-order valence-electron chi connectivity index (χ2n) is 5.86. The molecule has 1 fully saturated rings. The lowest BCUT2D eigenvalue weighted by molar-refractivity contribution is -0.133. The van der Waals surface area contributed by atoms with E-state index in [9.17, 15) is 9.90 Å². The van der Waals surface area contributed by atoms with E-state index < -0.39 is 0 Å². The fourth-order valence-corrected chi connectivity index (χ4v) is 2.53. The van der Waals surface area contributed by atoms with Gasteiger partial charge in [0.25, 0.3) is 0 Å². The summed E-state index contributed by atoms with van der Waals surface area (Å²) in [5.41, 5.74) is 1.96. The first kappa shape index (κ1) is 14.1. The van der Waals surface area contributed by atoms with Gasteiger partial charge in [0.15, 0.2) is 0 Å². The Balaban J connectivity index is 1.92. The van der Waals surface area contributed by atoms with Crippen LogP contribution < -0.4 is 0 Å². The number of aliphatic hydroxyl groups excluding tert-OH is 1. The summed E-state index contributed by atoms with van der Waals surface area (Å²) < 4.78 is 2.04. The van der Waals surface area contributed by atoms with E-state index in [-0.39, 0.29) is 25.1 Å². The molecule has 1 aromatic heterocycles. The maximum atomic E-state index is 12.4. The first-order chi connectivity index (χ1) is 10.1. The summed E-state index contributed by atoms with van der Waals surface area (Å²) in [5.74, 6) is 1.52. The largest absolute Gasteiger partial charge is 0.394 e. The Kier molecular flexibility index (Phi) is 3.68. The van der Waals surface area contributed by atoms with Crippen LogP contribution in [0.5, 0.6) is 0 Å². The smallest absolute Gasteiger partial charge is 0.242 e. The van der Waals surface area contributed by atoms with Crippen LogP contribution in [0.4, 0.5) is 0 Å². The van der Waals surface area contributed by atoms with E-state index in [1.54, 1.807) is 11.9 Å². The van der Waals surface area contributed by atoms with Gasteiger partial charge in [0, 0.05) is 13.0 Å². The highest BCUT2D eigenvalue weighted by Crippen LogP contribution is 2.40. The van der Waals surface area contributed by atoms with Crippen molar-refractivity contribution in [2.75, 3.05) is 13.7 Å². The first-order valence-corrected chi connectivity index (χ1v) is 7.43. The maximum absolute atomic E-state index is 12.4. The summed E-state index contributed by atoms with van der Waals surface area (Å²) in [6.45, 7) is 2.10. The third-order valence-corrected chi connectivity index (χ3v) is 4.24. The number of fused-ring (bicyclic) bond motifs is 1. The maximum Gasteiger partial charge on any atom is 0.242 e. The van der Waals surface area contributed by atoms with Crippen LogP contribution in [0.25, 0.3) is 11.0 Å². The Morgan fingerprint density at radius 3 is 2.86 bits per heavy atom. The molecule has 3 rings (SSSR count). The van der Waals surface area contributed by atoms with Gasteiger partial charge in [0.1, 0.15) is 12.4 Å². The number of likely N-dealkylation sites (N-methyl/N-ethyl adjacent to an activating group) is 1. The molecule has 1 unspecified atom stereocenters. The van der Waals surface area contributed by atoms with E-state index in [1.165, 1.54) is 0 Å². The van der Waals surface area contributed by atoms with Crippen LogP contribution in [-0.4, -0.2) is 45.2 Å². The molecule has 1 aromatic carbocycles. The molecule has 1 N–H and O–H groups in total. The van der Waals surface area contributed by atoms with Gasteiger partial charge in [-0.1, -0.05) is 12.1 Å². The van der Waals surface area contributed by atoms with E-state index in [0.717, 1.165) is 29.7 Å². The van der Waals surface area contributed by atoms with E-state index in [4.69, 9.17) is 4.98 Å². The Morgan fingerprint density at radius 2 is 2.19 bits per heavy atom. The molecule has 0 aliphatic heterocycles. The molecule has 5 nitrogen and oxygen atoms in total. The Bertz CT molecular complexity index is 661. The number of benzene rings is 1. The minimum atomic E-state index is -0.170. The van der Waals surface area contributed by atoms with Crippen molar-refractivity contribution in [1.29, 1.82) is 0 Å². The minimum Gasteiger partial charge on any atom is -0.394 e. The Hall–Kier alpha value is -1.88. The average molecular weight is 287 g/mol. The van der Waals surface area contributed by atoms with Gasteiger partial charge >= 0.3 is 0 Å². The number of nitrogens with zero attached hydrogens (tertiary/aromatic N) is 3. The molecule has 2 aromatic rings. The standard InChI is InChI=1S/C16H21N3O2/c1-11(10-20)18(2)15(21)9-19-14-6-4-3-5-13(14)17-16(19)12-7-8-12/h3-6,11-12,20H,7-10H2,1-2H3. The SMILES string of the molecule is CC(CO)N(C)C(=O)Cn1c(C2CC2)nc2ccccc21. The van der Waals surface area contributed by atoms with E-state index in [0.29, 0.717) is 5.92 Å². The van der Waals surface area contributed by atoms with Crippen LogP contribution in [0.3, 0.4) is 0 Å². The summed E-state index contributed by atoms with van der Waals surface area (Å²) in [6, 6.07) is 7.77. The lowest BCUT2D eigenvalue weighted by atomic mass is 10.3. The number of aromatic nitrogens is 2. The molecule has 5 heteroatoms. The number of carbonyl (C=O) groups is 1. The number of amides is 1. The topological polar surface area (TPSA) is 58.4 Å². The number of imidazole rings is 1. The van der Waals surface area contributed by atoms with Gasteiger partial charge < -0.3 is 14.6 Å². The Labute approximate surface area is 124 Å². The molecule has 0 bridgehead atoms. The van der Waals surface area contributed by atoms with Crippen molar-refractivity contribution in [2.24, 2.45) is 0 Å². The molecule has 1 atom stereocenters. The number of carbonyl (C=O) groups excluding carboxylic acids is 1. The average Bonchev–Trinajstić information content (AvgIpc) is 3.29. The minimum absolute atomic E-state index is 0.00148. The monoisotopic (exact) mass is 287 g/mol. The molecular weight excluding hydrogens is 266 g/mol. The molecule has 1 aliphatic carbocycles. The van der Waals surface area contributed by atoms with Gasteiger partial charge in [0.2, 0.25) is 5.91 Å². The van der Waals surface area contributed by atoms with Gasteiger partial charge in [-0.3, -0.25) is 4.79 Å². The molecule has 21 heavy (non-hydrogen) atoms. The van der Waals surface area contributed by atoms with Gasteiger partial charge in [0.05, 0.1) is 23.7 Å². The number of aliphatic hydroxyl groups is 1.